The van der Waals surface area contributed by atoms with E-state index in [1.165, 1.54) is 64.2 Å². The Kier molecular flexibility index (Phi) is 10.4. The summed E-state index contributed by atoms with van der Waals surface area (Å²) < 4.78 is 35.5. The number of hydrogen-bond acceptors (Lipinski definition) is 1. The number of hydrogen-bond donors (Lipinski definition) is 0. The summed E-state index contributed by atoms with van der Waals surface area (Å²) in [5, 5.41) is 0. The van der Waals surface area contributed by atoms with E-state index in [-0.39, 0.29) is 11.6 Å². The zero-order chi connectivity index (χ0) is 25.3. The summed E-state index contributed by atoms with van der Waals surface area (Å²) in [4.78, 5) is 0. The van der Waals surface area contributed by atoms with E-state index < -0.39 is 0 Å². The molecule has 0 unspecified atom stereocenters. The highest BCUT2D eigenvalue weighted by molar-refractivity contribution is 5.65. The molecule has 1 nitrogen and oxygen atoms in total. The highest BCUT2D eigenvalue weighted by Gasteiger charge is 2.24. The molecule has 2 fully saturated rings. The van der Waals surface area contributed by atoms with Gasteiger partial charge in [0.15, 0.2) is 0 Å². The van der Waals surface area contributed by atoms with Crippen LogP contribution in [0.3, 0.4) is 0 Å². The molecule has 0 radical (unpaired) electrons. The second-order valence-corrected chi connectivity index (χ2v) is 11.6. The van der Waals surface area contributed by atoms with Gasteiger partial charge in [-0.25, -0.2) is 8.78 Å². The van der Waals surface area contributed by atoms with Crippen molar-refractivity contribution in [3.05, 3.63) is 59.2 Å². The maximum Gasteiger partial charge on any atom is 0.131 e. The molecule has 0 heterocycles. The zero-order valence-electron chi connectivity index (χ0n) is 22.5. The Morgan fingerprint density at radius 2 is 1.33 bits per heavy atom. The third-order valence-corrected chi connectivity index (χ3v) is 9.06. The summed E-state index contributed by atoms with van der Waals surface area (Å²) >= 11 is 0. The van der Waals surface area contributed by atoms with Gasteiger partial charge in [-0.05, 0) is 98.3 Å². The normalized spacial score (nSPS) is 24.7. The molecule has 2 aliphatic carbocycles. The molecule has 3 heteroatoms. The van der Waals surface area contributed by atoms with Crippen LogP contribution in [0.1, 0.15) is 107 Å². The van der Waals surface area contributed by atoms with Crippen molar-refractivity contribution < 1.29 is 13.5 Å². The summed E-state index contributed by atoms with van der Waals surface area (Å²) in [6, 6.07) is 10.9. The van der Waals surface area contributed by atoms with E-state index in [0.717, 1.165) is 55.3 Å². The predicted octanol–water partition coefficient (Wildman–Crippen LogP) is 9.87. The van der Waals surface area contributed by atoms with Crippen molar-refractivity contribution in [3.63, 3.8) is 0 Å². The molecule has 0 atom stereocenters. The Morgan fingerprint density at radius 3 is 1.97 bits per heavy atom. The monoisotopic (exact) mass is 496 g/mol. The van der Waals surface area contributed by atoms with Crippen molar-refractivity contribution in [2.75, 3.05) is 13.7 Å². The van der Waals surface area contributed by atoms with Crippen LogP contribution in [0.4, 0.5) is 8.78 Å². The Hall–Kier alpha value is -1.74. The van der Waals surface area contributed by atoms with Crippen LogP contribution in [-0.4, -0.2) is 13.7 Å². The Morgan fingerprint density at radius 1 is 0.722 bits per heavy atom. The molecule has 0 N–H and O–H groups in total. The minimum atomic E-state index is -0.310. The predicted molar refractivity (Wildman–Crippen MR) is 146 cm³/mol. The first kappa shape index (κ1) is 27.3. The van der Waals surface area contributed by atoms with E-state index in [1.807, 2.05) is 12.1 Å². The van der Waals surface area contributed by atoms with Crippen molar-refractivity contribution in [2.24, 2.45) is 17.8 Å². The van der Waals surface area contributed by atoms with Gasteiger partial charge < -0.3 is 4.74 Å². The number of unbranched alkanes of at least 4 members (excludes halogenated alkanes) is 2. The van der Waals surface area contributed by atoms with Crippen LogP contribution < -0.4 is 0 Å². The maximum atomic E-state index is 15.2. The number of benzene rings is 2. The molecule has 0 aromatic heterocycles. The molecule has 0 saturated heterocycles. The minimum absolute atomic E-state index is 0.294. The topological polar surface area (TPSA) is 9.23 Å². The molecule has 2 saturated carbocycles. The van der Waals surface area contributed by atoms with Gasteiger partial charge in [0.05, 0.1) is 0 Å². The molecule has 198 valence electrons. The van der Waals surface area contributed by atoms with Crippen LogP contribution in [0.15, 0.2) is 36.4 Å². The summed E-state index contributed by atoms with van der Waals surface area (Å²) in [6.07, 6.45) is 17.0. The number of rotatable bonds is 11. The summed E-state index contributed by atoms with van der Waals surface area (Å²) in [5.74, 6) is 2.10. The van der Waals surface area contributed by atoms with Gasteiger partial charge in [0, 0.05) is 24.8 Å². The van der Waals surface area contributed by atoms with Gasteiger partial charge in [-0.1, -0.05) is 69.7 Å². The smallest absolute Gasteiger partial charge is 0.131 e. The lowest BCUT2D eigenvalue weighted by Gasteiger charge is -2.29. The molecule has 0 spiro atoms. The molecule has 36 heavy (non-hydrogen) atoms. The van der Waals surface area contributed by atoms with E-state index in [4.69, 9.17) is 4.74 Å². The van der Waals surface area contributed by atoms with Crippen LogP contribution >= 0.6 is 0 Å². The third-order valence-electron chi connectivity index (χ3n) is 9.06. The molecular weight excluding hydrogens is 450 g/mol. The second-order valence-electron chi connectivity index (χ2n) is 11.6. The molecule has 2 aliphatic rings. The quantitative estimate of drug-likeness (QED) is 0.281. The van der Waals surface area contributed by atoms with E-state index in [0.29, 0.717) is 23.0 Å². The lowest BCUT2D eigenvalue weighted by molar-refractivity contribution is 0.117. The highest BCUT2D eigenvalue weighted by Crippen LogP contribution is 2.39. The molecule has 0 amide bonds. The Bertz CT molecular complexity index is 939. The number of halogens is 2. The SMILES string of the molecule is CCCCCC1CCC(c2ccc(-c3ccc(CCC4CCC(COC)CC4)cc3F)c(F)c2)CC1. The van der Waals surface area contributed by atoms with Gasteiger partial charge in [-0.15, -0.1) is 0 Å². The van der Waals surface area contributed by atoms with Crippen LogP contribution in [-0.2, 0) is 11.2 Å². The molecule has 0 bridgehead atoms. The molecular formula is C33H46F2O. The fraction of sp³-hybridized carbons (Fsp3) is 0.636. The highest BCUT2D eigenvalue weighted by atomic mass is 19.1. The number of methoxy groups -OCH3 is 1. The molecule has 4 rings (SSSR count). The Labute approximate surface area is 218 Å². The third kappa shape index (κ3) is 7.40. The standard InChI is InChI=1S/C33H46F2O/c1-3-4-5-6-24-13-16-28(17-14-24)29-18-20-31(33(35)22-29)30-19-15-26(21-32(30)34)10-7-25-8-11-27(12-9-25)23-36-2/h15,18-22,24-25,27-28H,3-14,16-17,23H2,1-2H3. The largest absolute Gasteiger partial charge is 0.384 e. The van der Waals surface area contributed by atoms with E-state index in [2.05, 4.69) is 6.92 Å². The first-order chi connectivity index (χ1) is 17.6. The Balaban J connectivity index is 1.31. The van der Waals surface area contributed by atoms with Gasteiger partial charge in [-0.2, -0.15) is 0 Å². The van der Waals surface area contributed by atoms with Gasteiger partial charge in [0.25, 0.3) is 0 Å². The van der Waals surface area contributed by atoms with Gasteiger partial charge >= 0.3 is 0 Å². The molecule has 2 aromatic rings. The van der Waals surface area contributed by atoms with Gasteiger partial charge in [-0.3, -0.25) is 0 Å². The van der Waals surface area contributed by atoms with Crippen LogP contribution in [0.25, 0.3) is 11.1 Å². The van der Waals surface area contributed by atoms with Crippen molar-refractivity contribution in [2.45, 2.75) is 103 Å². The lowest BCUT2D eigenvalue weighted by Crippen LogP contribution is -2.18. The van der Waals surface area contributed by atoms with Gasteiger partial charge in [0.1, 0.15) is 11.6 Å². The van der Waals surface area contributed by atoms with E-state index in [9.17, 15) is 0 Å². The zero-order valence-corrected chi connectivity index (χ0v) is 22.5. The van der Waals surface area contributed by atoms with Crippen molar-refractivity contribution in [1.82, 2.24) is 0 Å². The van der Waals surface area contributed by atoms with Crippen molar-refractivity contribution in [1.29, 1.82) is 0 Å². The maximum absolute atomic E-state index is 15.2. The lowest BCUT2D eigenvalue weighted by atomic mass is 9.77. The number of ether oxygens (including phenoxy) is 1. The average molecular weight is 497 g/mol. The summed E-state index contributed by atoms with van der Waals surface area (Å²) in [7, 11) is 1.78. The number of aryl methyl sites for hydroxylation is 1. The average Bonchev–Trinajstić information content (AvgIpc) is 2.89. The molecule has 2 aromatic carbocycles. The summed E-state index contributed by atoms with van der Waals surface area (Å²) in [5.41, 5.74) is 2.86. The first-order valence-electron chi connectivity index (χ1n) is 14.6. The summed E-state index contributed by atoms with van der Waals surface area (Å²) in [6.45, 7) is 3.13. The fourth-order valence-electron chi connectivity index (χ4n) is 6.70. The second kappa shape index (κ2) is 13.7. The van der Waals surface area contributed by atoms with Crippen molar-refractivity contribution in [3.8, 4) is 11.1 Å². The van der Waals surface area contributed by atoms with Crippen molar-refractivity contribution >= 4 is 0 Å². The van der Waals surface area contributed by atoms with Crippen LogP contribution in [0.5, 0.6) is 0 Å². The van der Waals surface area contributed by atoms with Crippen LogP contribution in [0.2, 0.25) is 0 Å². The van der Waals surface area contributed by atoms with Crippen LogP contribution in [0, 0.1) is 29.4 Å². The molecule has 0 aliphatic heterocycles. The minimum Gasteiger partial charge on any atom is -0.384 e. The first-order valence-corrected chi connectivity index (χ1v) is 14.6. The van der Waals surface area contributed by atoms with E-state index >= 15 is 8.78 Å². The van der Waals surface area contributed by atoms with E-state index in [1.54, 1.807) is 31.4 Å². The van der Waals surface area contributed by atoms with Gasteiger partial charge in [0.2, 0.25) is 0 Å². The fourth-order valence-corrected chi connectivity index (χ4v) is 6.70.